The lowest BCUT2D eigenvalue weighted by Crippen LogP contribution is -2.31. The summed E-state index contributed by atoms with van der Waals surface area (Å²) < 4.78 is 19.6. The molecule has 150 valence electrons. The minimum atomic E-state index is -0.243. The van der Waals surface area contributed by atoms with Gasteiger partial charge >= 0.3 is 0 Å². The van der Waals surface area contributed by atoms with Crippen molar-refractivity contribution in [3.05, 3.63) is 102 Å². The lowest BCUT2D eigenvalue weighted by atomic mass is 9.95. The van der Waals surface area contributed by atoms with Crippen LogP contribution in [0.2, 0.25) is 0 Å². The van der Waals surface area contributed by atoms with Gasteiger partial charge in [0, 0.05) is 11.3 Å². The van der Waals surface area contributed by atoms with E-state index >= 15 is 0 Å². The maximum atomic E-state index is 13.6. The van der Waals surface area contributed by atoms with Gasteiger partial charge in [-0.1, -0.05) is 36.4 Å². The van der Waals surface area contributed by atoms with Gasteiger partial charge in [0.15, 0.2) is 0 Å². The highest BCUT2D eigenvalue weighted by Crippen LogP contribution is 2.41. The maximum Gasteiger partial charge on any atom is 0.126 e. The van der Waals surface area contributed by atoms with Crippen molar-refractivity contribution >= 4 is 22.5 Å². The largest absolute Gasteiger partial charge is 0.493 e. The van der Waals surface area contributed by atoms with Gasteiger partial charge in [0.2, 0.25) is 0 Å². The Morgan fingerprint density at radius 1 is 1.00 bits per heavy atom. The molecule has 4 nitrogen and oxygen atoms in total. The van der Waals surface area contributed by atoms with Crippen LogP contribution in [0, 0.1) is 5.82 Å². The highest BCUT2D eigenvalue weighted by atomic mass is 19.1. The topological polar surface area (TPSA) is 41.1 Å². The van der Waals surface area contributed by atoms with Crippen LogP contribution in [0.5, 0.6) is 0 Å². The van der Waals surface area contributed by atoms with Crippen molar-refractivity contribution < 1.29 is 9.13 Å². The molecule has 0 fully saturated rings. The van der Waals surface area contributed by atoms with Crippen LogP contribution >= 0.6 is 0 Å². The number of aromatic nitrogens is 2. The second-order valence-corrected chi connectivity index (χ2v) is 7.31. The summed E-state index contributed by atoms with van der Waals surface area (Å²) >= 11 is 0. The Kier molecular flexibility index (Phi) is 4.71. The number of para-hydroxylation sites is 3. The number of ether oxygens (including phenoxy) is 1. The summed E-state index contributed by atoms with van der Waals surface area (Å²) in [6.45, 7) is 3.15. The Hall–Kier alpha value is -3.60. The number of fused-ring (bicyclic) bond motifs is 2. The first kappa shape index (κ1) is 18.4. The second kappa shape index (κ2) is 7.67. The molecule has 0 bridgehead atoms. The minimum absolute atomic E-state index is 0.102. The number of halogens is 1. The third-order valence-corrected chi connectivity index (χ3v) is 5.39. The number of aromatic amines is 1. The summed E-state index contributed by atoms with van der Waals surface area (Å²) in [4.78, 5) is 10.5. The van der Waals surface area contributed by atoms with Crippen LogP contribution in [0.4, 0.5) is 10.1 Å². The molecule has 3 aromatic carbocycles. The molecule has 4 aromatic rings. The van der Waals surface area contributed by atoms with Crippen molar-refractivity contribution in [1.82, 2.24) is 9.97 Å². The van der Waals surface area contributed by atoms with E-state index in [1.165, 1.54) is 12.1 Å². The van der Waals surface area contributed by atoms with Gasteiger partial charge in [-0.15, -0.1) is 0 Å². The van der Waals surface area contributed by atoms with Crippen molar-refractivity contribution in [2.75, 3.05) is 11.5 Å². The average molecular weight is 399 g/mol. The molecule has 0 amide bonds. The Balaban J connectivity index is 1.61. The van der Waals surface area contributed by atoms with Crippen LogP contribution in [0.3, 0.4) is 0 Å². The van der Waals surface area contributed by atoms with Crippen LogP contribution in [-0.2, 0) is 11.3 Å². The van der Waals surface area contributed by atoms with Crippen molar-refractivity contribution in [3.63, 3.8) is 0 Å². The number of nitrogens with zero attached hydrogens (tertiary/aromatic N) is 2. The van der Waals surface area contributed by atoms with E-state index < -0.39 is 0 Å². The quantitative estimate of drug-likeness (QED) is 0.458. The molecule has 0 spiro atoms. The first-order valence-corrected chi connectivity index (χ1v) is 10.1. The molecular formula is C25H22FN3O. The smallest absolute Gasteiger partial charge is 0.126 e. The van der Waals surface area contributed by atoms with Crippen LogP contribution < -0.4 is 4.90 Å². The van der Waals surface area contributed by atoms with Crippen molar-refractivity contribution in [3.8, 4) is 0 Å². The summed E-state index contributed by atoms with van der Waals surface area (Å²) in [6, 6.07) is 22.8. The van der Waals surface area contributed by atoms with Gasteiger partial charge in [0.25, 0.3) is 0 Å². The van der Waals surface area contributed by atoms with E-state index in [0.717, 1.165) is 39.4 Å². The summed E-state index contributed by atoms with van der Waals surface area (Å²) in [5.41, 5.74) is 5.08. The van der Waals surface area contributed by atoms with Gasteiger partial charge in [-0.3, -0.25) is 0 Å². The number of nitrogens with one attached hydrogen (secondary N) is 1. The number of hydrogen-bond acceptors (Lipinski definition) is 3. The molecule has 1 N–H and O–H groups in total. The molecule has 30 heavy (non-hydrogen) atoms. The molecule has 5 heteroatoms. The van der Waals surface area contributed by atoms with E-state index in [9.17, 15) is 4.39 Å². The highest BCUT2D eigenvalue weighted by Gasteiger charge is 2.29. The van der Waals surface area contributed by atoms with Gasteiger partial charge in [0.05, 0.1) is 30.2 Å². The first-order chi connectivity index (χ1) is 14.7. The fourth-order valence-corrected chi connectivity index (χ4v) is 4.05. The zero-order chi connectivity index (χ0) is 20.5. The average Bonchev–Trinajstić information content (AvgIpc) is 3.18. The normalized spacial score (nSPS) is 15.7. The van der Waals surface area contributed by atoms with E-state index in [-0.39, 0.29) is 11.9 Å². The van der Waals surface area contributed by atoms with Gasteiger partial charge in [0.1, 0.15) is 17.4 Å². The third kappa shape index (κ3) is 3.32. The van der Waals surface area contributed by atoms with Crippen molar-refractivity contribution in [1.29, 1.82) is 0 Å². The van der Waals surface area contributed by atoms with E-state index in [4.69, 9.17) is 9.72 Å². The van der Waals surface area contributed by atoms with Crippen LogP contribution in [-0.4, -0.2) is 16.6 Å². The summed E-state index contributed by atoms with van der Waals surface area (Å²) in [5.74, 6) is 1.49. The van der Waals surface area contributed by atoms with E-state index in [1.54, 1.807) is 0 Å². The molecule has 0 radical (unpaired) electrons. The number of benzene rings is 3. The molecule has 2 heterocycles. The fourth-order valence-electron chi connectivity index (χ4n) is 4.05. The zero-order valence-electron chi connectivity index (χ0n) is 16.7. The molecule has 1 aliphatic heterocycles. The SMILES string of the molecule is CCOC1=CC(c2ccc(F)cc2)N(Cc2nc3ccccc3[nH]2)c2ccccc21. The monoisotopic (exact) mass is 399 g/mol. The number of H-pyrrole nitrogens is 1. The van der Waals surface area contributed by atoms with Gasteiger partial charge in [-0.25, -0.2) is 9.37 Å². The zero-order valence-corrected chi connectivity index (χ0v) is 16.7. The molecule has 1 aromatic heterocycles. The predicted molar refractivity (Wildman–Crippen MR) is 117 cm³/mol. The van der Waals surface area contributed by atoms with E-state index in [2.05, 4.69) is 28.1 Å². The molecule has 5 rings (SSSR count). The fraction of sp³-hybridized carbons (Fsp3) is 0.160. The number of rotatable bonds is 5. The van der Waals surface area contributed by atoms with Crippen LogP contribution in [0.25, 0.3) is 16.8 Å². The predicted octanol–water partition coefficient (Wildman–Crippen LogP) is 5.84. The Morgan fingerprint density at radius 3 is 2.57 bits per heavy atom. The molecule has 0 aliphatic carbocycles. The minimum Gasteiger partial charge on any atom is -0.493 e. The lowest BCUT2D eigenvalue weighted by Gasteiger charge is -2.37. The molecule has 0 saturated heterocycles. The first-order valence-electron chi connectivity index (χ1n) is 10.1. The van der Waals surface area contributed by atoms with Crippen LogP contribution in [0.15, 0.2) is 78.9 Å². The standard InChI is InChI=1S/C25H22FN3O/c1-2-30-24-15-23(17-11-13-18(26)14-12-17)29(22-10-6-3-7-19(22)24)16-25-27-20-8-4-5-9-21(20)28-25/h3-15,23H,2,16H2,1H3,(H,27,28). The van der Waals surface area contributed by atoms with E-state index in [1.807, 2.05) is 55.5 Å². The van der Waals surface area contributed by atoms with Crippen LogP contribution in [0.1, 0.15) is 29.9 Å². The Morgan fingerprint density at radius 2 is 1.77 bits per heavy atom. The number of anilines is 1. The lowest BCUT2D eigenvalue weighted by molar-refractivity contribution is 0.295. The molecule has 0 saturated carbocycles. The molecule has 1 atom stereocenters. The van der Waals surface area contributed by atoms with Crippen molar-refractivity contribution in [2.24, 2.45) is 0 Å². The van der Waals surface area contributed by atoms with Gasteiger partial charge in [-0.2, -0.15) is 0 Å². The van der Waals surface area contributed by atoms with E-state index in [0.29, 0.717) is 13.2 Å². The maximum absolute atomic E-state index is 13.6. The Bertz CT molecular complexity index is 1180. The van der Waals surface area contributed by atoms with Gasteiger partial charge < -0.3 is 14.6 Å². The van der Waals surface area contributed by atoms with Crippen molar-refractivity contribution in [2.45, 2.75) is 19.5 Å². The number of hydrogen-bond donors (Lipinski definition) is 1. The molecule has 1 unspecified atom stereocenters. The summed E-state index contributed by atoms with van der Waals surface area (Å²) in [6.07, 6.45) is 2.11. The van der Waals surface area contributed by atoms with Gasteiger partial charge in [-0.05, 0) is 55.0 Å². The Labute approximate surface area is 174 Å². The third-order valence-electron chi connectivity index (χ3n) is 5.39. The number of imidazole rings is 1. The summed E-state index contributed by atoms with van der Waals surface area (Å²) in [7, 11) is 0. The molecular weight excluding hydrogens is 377 g/mol. The highest BCUT2D eigenvalue weighted by molar-refractivity contribution is 5.79. The molecule has 1 aliphatic rings. The second-order valence-electron chi connectivity index (χ2n) is 7.31. The summed E-state index contributed by atoms with van der Waals surface area (Å²) in [5, 5.41) is 0.